The number of carbonyl (C=O) groups excluding carboxylic acids is 3. The van der Waals surface area contributed by atoms with E-state index in [1.165, 1.54) is 16.7 Å². The zero-order valence-electron chi connectivity index (χ0n) is 22.0. The van der Waals surface area contributed by atoms with Gasteiger partial charge in [-0.05, 0) is 52.7 Å². The van der Waals surface area contributed by atoms with E-state index in [-0.39, 0.29) is 29.2 Å². The lowest BCUT2D eigenvalue weighted by atomic mass is 9.83. The van der Waals surface area contributed by atoms with Gasteiger partial charge >= 0.3 is 4.87 Å². The van der Waals surface area contributed by atoms with E-state index in [1.807, 2.05) is 54.6 Å². The summed E-state index contributed by atoms with van der Waals surface area (Å²) in [6.07, 6.45) is 0. The molecular weight excluding hydrogens is 571 g/mol. The van der Waals surface area contributed by atoms with E-state index in [2.05, 4.69) is 10.3 Å². The van der Waals surface area contributed by atoms with Crippen LogP contribution in [0.25, 0.3) is 10.8 Å². The maximum atomic E-state index is 13.8. The minimum Gasteiger partial charge on any atom is -0.484 e. The fourth-order valence-corrected chi connectivity index (χ4v) is 8.13. The topological polar surface area (TPSA) is 109 Å². The molecular formula is C32H23N3O5S2. The Kier molecular flexibility index (Phi) is 6.64. The Hall–Kier alpha value is -4.67. The van der Waals surface area contributed by atoms with Crippen molar-refractivity contribution in [1.82, 2.24) is 4.98 Å². The van der Waals surface area contributed by atoms with Crippen molar-refractivity contribution in [3.8, 4) is 5.75 Å². The molecule has 7 rings (SSSR count). The molecule has 2 aliphatic heterocycles. The van der Waals surface area contributed by atoms with Crippen LogP contribution in [0.15, 0.2) is 107 Å². The van der Waals surface area contributed by atoms with Gasteiger partial charge in [-0.3, -0.25) is 19.2 Å². The number of hydrogen-bond acceptors (Lipinski definition) is 7. The summed E-state index contributed by atoms with van der Waals surface area (Å²) in [5, 5.41) is 4.89. The molecule has 0 bridgehead atoms. The van der Waals surface area contributed by atoms with Crippen molar-refractivity contribution in [2.24, 2.45) is 5.92 Å². The molecule has 8 nitrogen and oxygen atoms in total. The van der Waals surface area contributed by atoms with Gasteiger partial charge in [0.15, 0.2) is 6.61 Å². The first-order valence-electron chi connectivity index (χ1n) is 13.3. The molecule has 1 fully saturated rings. The molecule has 208 valence electrons. The fourth-order valence-electron chi connectivity index (χ4n) is 5.62. The number of nitrogens with one attached hydrogen (secondary N) is 2. The maximum Gasteiger partial charge on any atom is 0.305 e. The van der Waals surface area contributed by atoms with Gasteiger partial charge in [-0.25, -0.2) is 4.90 Å². The highest BCUT2D eigenvalue weighted by Gasteiger charge is 2.56. The number of H-pyrrole nitrogens is 1. The number of carbonyl (C=O) groups is 3. The smallest absolute Gasteiger partial charge is 0.305 e. The van der Waals surface area contributed by atoms with Gasteiger partial charge in [0, 0.05) is 16.5 Å². The molecule has 42 heavy (non-hydrogen) atoms. The van der Waals surface area contributed by atoms with E-state index in [4.69, 9.17) is 4.74 Å². The molecule has 5 aromatic rings. The zero-order valence-corrected chi connectivity index (χ0v) is 23.6. The molecule has 0 aliphatic carbocycles. The van der Waals surface area contributed by atoms with Gasteiger partial charge in [0.2, 0.25) is 11.8 Å². The number of aromatic nitrogens is 1. The highest BCUT2D eigenvalue weighted by molar-refractivity contribution is 8.00. The summed E-state index contributed by atoms with van der Waals surface area (Å²) < 4.78 is 5.86. The van der Waals surface area contributed by atoms with Crippen LogP contribution in [-0.2, 0) is 14.4 Å². The van der Waals surface area contributed by atoms with Crippen molar-refractivity contribution < 1.29 is 19.1 Å². The van der Waals surface area contributed by atoms with Crippen molar-refractivity contribution in [2.45, 2.75) is 16.2 Å². The molecule has 3 amide bonds. The van der Waals surface area contributed by atoms with E-state index in [1.54, 1.807) is 42.5 Å². The predicted octanol–water partition coefficient (Wildman–Crippen LogP) is 5.40. The van der Waals surface area contributed by atoms with E-state index in [9.17, 15) is 19.2 Å². The summed E-state index contributed by atoms with van der Waals surface area (Å²) >= 11 is 2.29. The van der Waals surface area contributed by atoms with Crippen LogP contribution >= 0.6 is 23.1 Å². The van der Waals surface area contributed by atoms with E-state index >= 15 is 0 Å². The Bertz CT molecular complexity index is 1920. The number of rotatable bonds is 6. The van der Waals surface area contributed by atoms with Crippen LogP contribution in [0, 0.1) is 5.92 Å². The Balaban J connectivity index is 1.14. The molecule has 2 N–H and O–H groups in total. The van der Waals surface area contributed by atoms with Gasteiger partial charge < -0.3 is 15.0 Å². The first-order chi connectivity index (χ1) is 20.5. The molecule has 2 aliphatic rings. The molecule has 2 unspecified atom stereocenters. The van der Waals surface area contributed by atoms with E-state index in [0.717, 1.165) is 27.7 Å². The fraction of sp³-hybridized carbons (Fsp3) is 0.125. The van der Waals surface area contributed by atoms with Crippen LogP contribution in [0.3, 0.4) is 0 Å². The number of hydrogen-bond donors (Lipinski definition) is 2. The van der Waals surface area contributed by atoms with Gasteiger partial charge in [-0.1, -0.05) is 83.8 Å². The van der Waals surface area contributed by atoms with Gasteiger partial charge in [-0.15, -0.1) is 0 Å². The van der Waals surface area contributed by atoms with E-state index in [0.29, 0.717) is 27.0 Å². The summed E-state index contributed by atoms with van der Waals surface area (Å²) in [6.45, 7) is -0.217. The molecule has 1 aromatic heterocycles. The average Bonchev–Trinajstić information content (AvgIpc) is 3.50. The molecule has 1 saturated heterocycles. The SMILES string of the molecule is O=C(COc1cccc([C@H]2c3sc(=O)[nH]c3SC3C(=O)N(c4ccccc4)C(=O)C32)c1)Nc1ccc2ccccc2c1. The Morgan fingerprint density at radius 1 is 0.857 bits per heavy atom. The van der Waals surface area contributed by atoms with Crippen molar-refractivity contribution >= 4 is 63.0 Å². The first kappa shape index (κ1) is 26.2. The number of aromatic amines is 1. The number of anilines is 2. The van der Waals surface area contributed by atoms with Crippen molar-refractivity contribution in [2.75, 3.05) is 16.8 Å². The normalized spacial score (nSPS) is 19.4. The third kappa shape index (κ3) is 4.68. The number of para-hydroxylation sites is 1. The highest BCUT2D eigenvalue weighted by atomic mass is 32.2. The quantitative estimate of drug-likeness (QED) is 0.255. The van der Waals surface area contributed by atoms with Gasteiger partial charge in [0.1, 0.15) is 11.0 Å². The monoisotopic (exact) mass is 593 g/mol. The standard InChI is InChI=1S/C32H23N3O5S2/c36-24(33-21-14-13-18-7-4-5-8-19(18)15-21)17-40-23-12-6-9-20(16-23)25-26-28(41-29-27(25)42-32(39)34-29)31(38)35(30(26)37)22-10-2-1-3-11-22/h1-16,25-26,28H,17H2,(H,33,36)(H,34,39)/t25-,26?,28?/m1/s1. The number of benzene rings is 4. The van der Waals surface area contributed by atoms with Crippen molar-refractivity contribution in [1.29, 1.82) is 0 Å². The van der Waals surface area contributed by atoms with Gasteiger partial charge in [-0.2, -0.15) is 0 Å². The van der Waals surface area contributed by atoms with Gasteiger partial charge in [0.05, 0.1) is 16.6 Å². The molecule has 3 heterocycles. The lowest BCUT2D eigenvalue weighted by Crippen LogP contribution is -2.32. The Morgan fingerprint density at radius 2 is 1.64 bits per heavy atom. The zero-order chi connectivity index (χ0) is 28.8. The molecule has 10 heteroatoms. The lowest BCUT2D eigenvalue weighted by Gasteiger charge is -2.30. The van der Waals surface area contributed by atoms with Crippen LogP contribution in [0.5, 0.6) is 5.75 Å². The second-order valence-corrected chi connectivity index (χ2v) is 12.2. The Labute approximate surface area is 248 Å². The number of thiazole rings is 1. The third-order valence-electron chi connectivity index (χ3n) is 7.46. The molecule has 0 radical (unpaired) electrons. The largest absolute Gasteiger partial charge is 0.484 e. The van der Waals surface area contributed by atoms with Crippen LogP contribution in [-0.4, -0.2) is 34.6 Å². The number of imide groups is 1. The molecule has 0 saturated carbocycles. The number of amides is 3. The van der Waals surface area contributed by atoms with Crippen molar-refractivity contribution in [3.63, 3.8) is 0 Å². The minimum absolute atomic E-state index is 0.217. The molecule has 0 spiro atoms. The number of nitrogens with zero attached hydrogens (tertiary/aromatic N) is 1. The predicted molar refractivity (Wildman–Crippen MR) is 163 cm³/mol. The maximum absolute atomic E-state index is 13.8. The second-order valence-electron chi connectivity index (χ2n) is 10.1. The van der Waals surface area contributed by atoms with Crippen LogP contribution < -0.4 is 19.8 Å². The molecule has 3 atom stereocenters. The van der Waals surface area contributed by atoms with Crippen molar-refractivity contribution in [3.05, 3.63) is 117 Å². The third-order valence-corrected chi connectivity index (χ3v) is 9.86. The molecule has 4 aromatic carbocycles. The van der Waals surface area contributed by atoms with Crippen LogP contribution in [0.2, 0.25) is 0 Å². The number of fused-ring (bicyclic) bond motifs is 3. The number of thioether (sulfide) groups is 1. The summed E-state index contributed by atoms with van der Waals surface area (Å²) in [6, 6.07) is 29.6. The average molecular weight is 594 g/mol. The minimum atomic E-state index is -0.701. The lowest BCUT2D eigenvalue weighted by molar-refractivity contribution is -0.122. The number of ether oxygens (including phenoxy) is 1. The van der Waals surface area contributed by atoms with E-state index < -0.39 is 17.1 Å². The van der Waals surface area contributed by atoms with Gasteiger partial charge in [0.25, 0.3) is 5.91 Å². The highest BCUT2D eigenvalue weighted by Crippen LogP contribution is 2.53. The second kappa shape index (κ2) is 10.6. The Morgan fingerprint density at radius 3 is 2.48 bits per heavy atom. The van der Waals surface area contributed by atoms with Crippen LogP contribution in [0.1, 0.15) is 16.4 Å². The summed E-state index contributed by atoms with van der Waals surface area (Å²) in [7, 11) is 0. The summed E-state index contributed by atoms with van der Waals surface area (Å²) in [4.78, 5) is 57.0. The summed E-state index contributed by atoms with van der Waals surface area (Å²) in [5.41, 5.74) is 1.92. The first-order valence-corrected chi connectivity index (χ1v) is 15.0. The summed E-state index contributed by atoms with van der Waals surface area (Å²) in [5.74, 6) is -1.71. The van der Waals surface area contributed by atoms with Crippen LogP contribution in [0.4, 0.5) is 11.4 Å².